The second-order valence-electron chi connectivity index (χ2n) is 8.35. The first-order valence-electron chi connectivity index (χ1n) is 10.8. The molecule has 1 saturated heterocycles. The molecule has 5 rings (SSSR count). The van der Waals surface area contributed by atoms with Crippen LogP contribution in [-0.4, -0.2) is 49.4 Å². The minimum Gasteiger partial charge on any atom is -0.451 e. The third-order valence-corrected chi connectivity index (χ3v) is 6.21. The van der Waals surface area contributed by atoms with Crippen molar-refractivity contribution in [3.05, 3.63) is 59.4 Å². The molecule has 2 aliphatic rings. The summed E-state index contributed by atoms with van der Waals surface area (Å²) in [6.45, 7) is 5.07. The van der Waals surface area contributed by atoms with Gasteiger partial charge in [-0.1, -0.05) is 12.1 Å². The SMILES string of the molecule is NC(=O)c1cc2cc(N3CCN(CCCc4ccc5c(c4)CC(=O)N5)CC3)ccc2o1. The summed E-state index contributed by atoms with van der Waals surface area (Å²) < 4.78 is 5.48. The number of hydrogen-bond donors (Lipinski definition) is 2. The van der Waals surface area contributed by atoms with Crippen molar-refractivity contribution in [3.8, 4) is 0 Å². The van der Waals surface area contributed by atoms with Crippen LogP contribution in [0.5, 0.6) is 0 Å². The van der Waals surface area contributed by atoms with Crippen molar-refractivity contribution in [1.82, 2.24) is 4.90 Å². The molecule has 0 radical (unpaired) electrons. The smallest absolute Gasteiger partial charge is 0.284 e. The van der Waals surface area contributed by atoms with E-state index in [-0.39, 0.29) is 11.7 Å². The third kappa shape index (κ3) is 4.14. The number of amides is 2. The molecule has 0 atom stereocenters. The van der Waals surface area contributed by atoms with Crippen LogP contribution in [0, 0.1) is 0 Å². The van der Waals surface area contributed by atoms with E-state index in [2.05, 4.69) is 33.3 Å². The Morgan fingerprint density at radius 3 is 2.71 bits per heavy atom. The van der Waals surface area contributed by atoms with Gasteiger partial charge in [-0.3, -0.25) is 14.5 Å². The second-order valence-corrected chi connectivity index (χ2v) is 8.35. The maximum atomic E-state index is 11.5. The molecule has 2 aliphatic heterocycles. The summed E-state index contributed by atoms with van der Waals surface area (Å²) in [6, 6.07) is 14.0. The van der Waals surface area contributed by atoms with E-state index < -0.39 is 5.91 Å². The van der Waals surface area contributed by atoms with Crippen LogP contribution in [0.4, 0.5) is 11.4 Å². The van der Waals surface area contributed by atoms with E-state index >= 15 is 0 Å². The largest absolute Gasteiger partial charge is 0.451 e. The Morgan fingerprint density at radius 2 is 1.90 bits per heavy atom. The van der Waals surface area contributed by atoms with Gasteiger partial charge in [0.05, 0.1) is 6.42 Å². The number of primary amides is 1. The van der Waals surface area contributed by atoms with Crippen molar-refractivity contribution >= 4 is 34.2 Å². The average Bonchev–Trinajstić information content (AvgIpc) is 3.36. The van der Waals surface area contributed by atoms with Crippen LogP contribution in [0.2, 0.25) is 0 Å². The zero-order chi connectivity index (χ0) is 21.4. The van der Waals surface area contributed by atoms with Gasteiger partial charge in [-0.25, -0.2) is 0 Å². The molecular formula is C24H26N4O3. The van der Waals surface area contributed by atoms with Gasteiger partial charge in [0, 0.05) is 42.9 Å². The predicted molar refractivity (Wildman–Crippen MR) is 120 cm³/mol. The van der Waals surface area contributed by atoms with Crippen LogP contribution in [0.25, 0.3) is 11.0 Å². The number of rotatable bonds is 6. The summed E-state index contributed by atoms with van der Waals surface area (Å²) >= 11 is 0. The van der Waals surface area contributed by atoms with Gasteiger partial charge >= 0.3 is 0 Å². The minimum atomic E-state index is -0.545. The monoisotopic (exact) mass is 418 g/mol. The molecule has 0 spiro atoms. The Bertz CT molecular complexity index is 1140. The Hall–Kier alpha value is -3.32. The lowest BCUT2D eigenvalue weighted by Crippen LogP contribution is -2.46. The standard InChI is InChI=1S/C24H26N4O3/c25-24(30)22-14-18-13-19(4-6-21(18)31-22)28-10-8-27(9-11-28)7-1-2-16-3-5-20-17(12-16)15-23(29)26-20/h3-6,12-14H,1-2,7-11,15H2,(H2,25,30)(H,26,29). The number of carbonyl (C=O) groups excluding carboxylic acids is 2. The number of hydrogen-bond acceptors (Lipinski definition) is 5. The van der Waals surface area contributed by atoms with E-state index in [9.17, 15) is 9.59 Å². The number of anilines is 2. The number of furan rings is 1. The Kier molecular flexibility index (Phi) is 5.11. The van der Waals surface area contributed by atoms with Gasteiger partial charge in [0.15, 0.2) is 5.76 Å². The number of aryl methyl sites for hydroxylation is 1. The summed E-state index contributed by atoms with van der Waals surface area (Å²) in [5.41, 5.74) is 10.5. The van der Waals surface area contributed by atoms with Crippen molar-refractivity contribution in [2.75, 3.05) is 42.9 Å². The van der Waals surface area contributed by atoms with E-state index in [0.717, 1.165) is 67.9 Å². The number of fused-ring (bicyclic) bond motifs is 2. The van der Waals surface area contributed by atoms with Crippen molar-refractivity contribution in [2.45, 2.75) is 19.3 Å². The van der Waals surface area contributed by atoms with Gasteiger partial charge in [-0.05, 0) is 60.8 Å². The van der Waals surface area contributed by atoms with Gasteiger partial charge in [-0.15, -0.1) is 0 Å². The van der Waals surface area contributed by atoms with Crippen molar-refractivity contribution in [3.63, 3.8) is 0 Å². The maximum absolute atomic E-state index is 11.5. The lowest BCUT2D eigenvalue weighted by Gasteiger charge is -2.36. The fraction of sp³-hybridized carbons (Fsp3) is 0.333. The molecule has 3 heterocycles. The van der Waals surface area contributed by atoms with E-state index in [4.69, 9.17) is 10.2 Å². The molecule has 7 heteroatoms. The number of piperazine rings is 1. The van der Waals surface area contributed by atoms with Crippen LogP contribution in [0.15, 0.2) is 46.9 Å². The highest BCUT2D eigenvalue weighted by molar-refractivity contribution is 5.99. The molecule has 3 aromatic rings. The number of nitrogens with one attached hydrogen (secondary N) is 1. The lowest BCUT2D eigenvalue weighted by atomic mass is 10.0. The number of nitrogens with two attached hydrogens (primary N) is 1. The van der Waals surface area contributed by atoms with Gasteiger partial charge in [0.2, 0.25) is 5.91 Å². The average molecular weight is 418 g/mol. The molecule has 160 valence electrons. The molecule has 1 aromatic heterocycles. The normalized spacial score (nSPS) is 16.5. The van der Waals surface area contributed by atoms with Gasteiger partial charge < -0.3 is 20.4 Å². The number of benzene rings is 2. The van der Waals surface area contributed by atoms with Gasteiger partial charge in [0.1, 0.15) is 5.58 Å². The molecule has 0 aliphatic carbocycles. The molecule has 0 unspecified atom stereocenters. The summed E-state index contributed by atoms with van der Waals surface area (Å²) in [6.07, 6.45) is 2.64. The van der Waals surface area contributed by atoms with Gasteiger partial charge in [0.25, 0.3) is 5.91 Å². The van der Waals surface area contributed by atoms with Crippen LogP contribution in [-0.2, 0) is 17.6 Å². The lowest BCUT2D eigenvalue weighted by molar-refractivity contribution is -0.115. The van der Waals surface area contributed by atoms with E-state index in [0.29, 0.717) is 12.0 Å². The highest BCUT2D eigenvalue weighted by atomic mass is 16.3. The van der Waals surface area contributed by atoms with E-state index in [1.54, 1.807) is 6.07 Å². The van der Waals surface area contributed by atoms with Crippen molar-refractivity contribution in [1.29, 1.82) is 0 Å². The summed E-state index contributed by atoms with van der Waals surface area (Å²) in [7, 11) is 0. The second kappa shape index (κ2) is 8.07. The topological polar surface area (TPSA) is 91.8 Å². The van der Waals surface area contributed by atoms with E-state index in [1.807, 2.05) is 18.2 Å². The first-order chi connectivity index (χ1) is 15.0. The summed E-state index contributed by atoms with van der Waals surface area (Å²) in [4.78, 5) is 27.7. The fourth-order valence-corrected chi connectivity index (χ4v) is 4.52. The van der Waals surface area contributed by atoms with Crippen LogP contribution < -0.4 is 16.0 Å². The summed E-state index contributed by atoms with van der Waals surface area (Å²) in [5, 5.41) is 3.79. The molecule has 2 aromatic carbocycles. The molecule has 2 amide bonds. The zero-order valence-electron chi connectivity index (χ0n) is 17.4. The van der Waals surface area contributed by atoms with Gasteiger partial charge in [-0.2, -0.15) is 0 Å². The first kappa shape index (κ1) is 19.6. The van der Waals surface area contributed by atoms with Crippen molar-refractivity contribution in [2.24, 2.45) is 5.73 Å². The molecule has 0 bridgehead atoms. The van der Waals surface area contributed by atoms with Crippen LogP contribution in [0.3, 0.4) is 0 Å². The Balaban J connectivity index is 1.12. The maximum Gasteiger partial charge on any atom is 0.284 e. The molecule has 3 N–H and O–H groups in total. The number of nitrogens with zero attached hydrogens (tertiary/aromatic N) is 2. The predicted octanol–water partition coefficient (Wildman–Crippen LogP) is 2.78. The molecule has 0 saturated carbocycles. The zero-order valence-corrected chi connectivity index (χ0v) is 17.4. The first-order valence-corrected chi connectivity index (χ1v) is 10.8. The van der Waals surface area contributed by atoms with Crippen LogP contribution >= 0.6 is 0 Å². The molecule has 7 nitrogen and oxygen atoms in total. The van der Waals surface area contributed by atoms with Crippen molar-refractivity contribution < 1.29 is 14.0 Å². The third-order valence-electron chi connectivity index (χ3n) is 6.21. The number of carbonyl (C=O) groups is 2. The Morgan fingerprint density at radius 1 is 1.06 bits per heavy atom. The summed E-state index contributed by atoms with van der Waals surface area (Å²) in [5.74, 6) is -0.259. The minimum absolute atomic E-state index is 0.0882. The fourth-order valence-electron chi connectivity index (χ4n) is 4.52. The van der Waals surface area contributed by atoms with Crippen LogP contribution in [0.1, 0.15) is 28.1 Å². The molecule has 1 fully saturated rings. The van der Waals surface area contributed by atoms with E-state index in [1.165, 1.54) is 5.56 Å². The highest BCUT2D eigenvalue weighted by Gasteiger charge is 2.19. The molecular weight excluding hydrogens is 392 g/mol. The molecule has 31 heavy (non-hydrogen) atoms. The quantitative estimate of drug-likeness (QED) is 0.642. The Labute approximate surface area is 180 Å². The highest BCUT2D eigenvalue weighted by Crippen LogP contribution is 2.26.